The van der Waals surface area contributed by atoms with Gasteiger partial charge in [-0.2, -0.15) is 5.10 Å². The van der Waals surface area contributed by atoms with Crippen LogP contribution >= 0.6 is 27.5 Å². The molecule has 0 amide bonds. The van der Waals surface area contributed by atoms with Crippen molar-refractivity contribution in [3.63, 3.8) is 0 Å². The summed E-state index contributed by atoms with van der Waals surface area (Å²) >= 11 is 9.53. The van der Waals surface area contributed by atoms with E-state index < -0.39 is 0 Å². The Labute approximate surface area is 130 Å². The van der Waals surface area contributed by atoms with E-state index in [1.54, 1.807) is 0 Å². The largest absolute Gasteiger partial charge is 0.327 e. The molecule has 1 aromatic carbocycles. The van der Waals surface area contributed by atoms with Gasteiger partial charge in [0, 0.05) is 36.4 Å². The molecule has 0 atom stereocenters. The van der Waals surface area contributed by atoms with Gasteiger partial charge in [-0.05, 0) is 24.3 Å². The molecular formula is C14H14BrClN4. The summed E-state index contributed by atoms with van der Waals surface area (Å²) < 4.78 is 5.13. The number of hydrogen-bond acceptors (Lipinski definition) is 2. The van der Waals surface area contributed by atoms with E-state index in [-0.39, 0.29) is 0 Å². The summed E-state index contributed by atoms with van der Waals surface area (Å²) in [5, 5.41) is 4.19. The maximum Gasteiger partial charge on any atom is 0.124 e. The van der Waals surface area contributed by atoms with Crippen LogP contribution in [0.3, 0.4) is 0 Å². The van der Waals surface area contributed by atoms with E-state index in [0.29, 0.717) is 5.88 Å². The second-order valence-corrected chi connectivity index (χ2v) is 5.83. The number of aromatic nitrogens is 4. The number of fused-ring (bicyclic) bond motifs is 1. The number of aryl methyl sites for hydroxylation is 3. The van der Waals surface area contributed by atoms with Gasteiger partial charge in [0.25, 0.3) is 0 Å². The molecule has 3 rings (SSSR count). The van der Waals surface area contributed by atoms with Crippen molar-refractivity contribution in [2.24, 2.45) is 7.05 Å². The second-order valence-electron chi connectivity index (χ2n) is 4.64. The van der Waals surface area contributed by atoms with E-state index in [1.807, 2.05) is 36.1 Å². The van der Waals surface area contributed by atoms with Crippen LogP contribution in [0.4, 0.5) is 0 Å². The van der Waals surface area contributed by atoms with E-state index in [9.17, 15) is 0 Å². The molecule has 0 N–H and O–H groups in total. The molecule has 0 aliphatic heterocycles. The van der Waals surface area contributed by atoms with Gasteiger partial charge in [0.1, 0.15) is 5.82 Å². The van der Waals surface area contributed by atoms with Gasteiger partial charge in [-0.15, -0.1) is 11.6 Å². The van der Waals surface area contributed by atoms with Crippen LogP contribution in [0.15, 0.2) is 34.9 Å². The number of hydrogen-bond donors (Lipinski definition) is 0. The van der Waals surface area contributed by atoms with Gasteiger partial charge in [-0.3, -0.25) is 4.68 Å². The van der Waals surface area contributed by atoms with Gasteiger partial charge >= 0.3 is 0 Å². The molecule has 0 saturated heterocycles. The standard InChI is InChI=1S/C14H14BrClN4/c1-19-11(4-6-17-19)5-7-20-13-8-10(15)2-3-12(13)18-14(20)9-16/h2-4,6,8H,5,7,9H2,1H3. The first-order valence-electron chi connectivity index (χ1n) is 6.36. The van der Waals surface area contributed by atoms with E-state index in [1.165, 1.54) is 5.69 Å². The second kappa shape index (κ2) is 5.58. The minimum atomic E-state index is 0.414. The number of nitrogens with zero attached hydrogens (tertiary/aromatic N) is 4. The number of benzene rings is 1. The predicted octanol–water partition coefficient (Wildman–Crippen LogP) is 3.51. The first-order valence-corrected chi connectivity index (χ1v) is 7.69. The molecule has 2 heterocycles. The average molecular weight is 354 g/mol. The Balaban J connectivity index is 1.97. The van der Waals surface area contributed by atoms with E-state index in [4.69, 9.17) is 11.6 Å². The highest BCUT2D eigenvalue weighted by Gasteiger charge is 2.11. The number of imidazole rings is 1. The Morgan fingerprint density at radius 3 is 2.85 bits per heavy atom. The van der Waals surface area contributed by atoms with E-state index in [0.717, 1.165) is 34.3 Å². The zero-order valence-corrected chi connectivity index (χ0v) is 13.4. The number of rotatable bonds is 4. The molecule has 0 bridgehead atoms. The number of alkyl halides is 1. The zero-order chi connectivity index (χ0) is 14.1. The molecule has 0 aliphatic carbocycles. The third-order valence-corrected chi connectivity index (χ3v) is 4.16. The molecule has 6 heteroatoms. The lowest BCUT2D eigenvalue weighted by Gasteiger charge is -2.08. The summed E-state index contributed by atoms with van der Waals surface area (Å²) in [6.45, 7) is 0.842. The first-order chi connectivity index (χ1) is 9.69. The van der Waals surface area contributed by atoms with Gasteiger partial charge in [-0.25, -0.2) is 4.98 Å². The summed E-state index contributed by atoms with van der Waals surface area (Å²) in [4.78, 5) is 4.58. The van der Waals surface area contributed by atoms with Crippen molar-refractivity contribution in [3.05, 3.63) is 46.5 Å². The summed E-state index contributed by atoms with van der Waals surface area (Å²) in [5.74, 6) is 1.32. The molecule has 20 heavy (non-hydrogen) atoms. The van der Waals surface area contributed by atoms with Crippen LogP contribution in [-0.4, -0.2) is 19.3 Å². The summed E-state index contributed by atoms with van der Waals surface area (Å²) in [6.07, 6.45) is 2.72. The fraction of sp³-hybridized carbons (Fsp3) is 0.286. The third-order valence-electron chi connectivity index (χ3n) is 3.42. The SMILES string of the molecule is Cn1nccc1CCn1c(CCl)nc2ccc(Br)cc21. The molecule has 0 saturated carbocycles. The lowest BCUT2D eigenvalue weighted by Crippen LogP contribution is -2.08. The third kappa shape index (κ3) is 2.47. The summed E-state index contributed by atoms with van der Waals surface area (Å²) in [5.41, 5.74) is 3.29. The van der Waals surface area contributed by atoms with Gasteiger partial charge in [0.15, 0.2) is 0 Å². The molecule has 3 aromatic rings. The molecule has 0 unspecified atom stereocenters. The monoisotopic (exact) mass is 352 g/mol. The summed E-state index contributed by atoms with van der Waals surface area (Å²) in [7, 11) is 1.96. The quantitative estimate of drug-likeness (QED) is 0.673. The molecular weight excluding hydrogens is 340 g/mol. The van der Waals surface area contributed by atoms with Crippen molar-refractivity contribution < 1.29 is 0 Å². The van der Waals surface area contributed by atoms with Crippen molar-refractivity contribution in [2.45, 2.75) is 18.8 Å². The van der Waals surface area contributed by atoms with Crippen molar-refractivity contribution in [1.29, 1.82) is 0 Å². The Bertz CT molecular complexity index is 747. The highest BCUT2D eigenvalue weighted by molar-refractivity contribution is 9.10. The predicted molar refractivity (Wildman–Crippen MR) is 83.9 cm³/mol. The molecule has 0 spiro atoms. The molecule has 0 aliphatic rings. The van der Waals surface area contributed by atoms with Crippen molar-refractivity contribution in [2.75, 3.05) is 0 Å². The maximum atomic E-state index is 6.02. The topological polar surface area (TPSA) is 35.6 Å². The van der Waals surface area contributed by atoms with Crippen LogP contribution in [0.5, 0.6) is 0 Å². The summed E-state index contributed by atoms with van der Waals surface area (Å²) in [6, 6.07) is 8.13. The molecule has 0 fully saturated rings. The van der Waals surface area contributed by atoms with Crippen LogP contribution in [0, 0.1) is 0 Å². The maximum absolute atomic E-state index is 6.02. The fourth-order valence-electron chi connectivity index (χ4n) is 2.37. The van der Waals surface area contributed by atoms with Gasteiger partial charge < -0.3 is 4.57 Å². The molecule has 4 nitrogen and oxygen atoms in total. The van der Waals surface area contributed by atoms with Gasteiger partial charge in [0.2, 0.25) is 0 Å². The number of halogens is 2. The van der Waals surface area contributed by atoms with Crippen molar-refractivity contribution >= 4 is 38.6 Å². The highest BCUT2D eigenvalue weighted by Crippen LogP contribution is 2.22. The van der Waals surface area contributed by atoms with Crippen LogP contribution in [0.1, 0.15) is 11.5 Å². The lowest BCUT2D eigenvalue weighted by atomic mass is 10.3. The van der Waals surface area contributed by atoms with Crippen LogP contribution in [0.2, 0.25) is 0 Å². The fourth-order valence-corrected chi connectivity index (χ4v) is 2.92. The zero-order valence-electron chi connectivity index (χ0n) is 11.1. The highest BCUT2D eigenvalue weighted by atomic mass is 79.9. The van der Waals surface area contributed by atoms with Crippen molar-refractivity contribution in [3.8, 4) is 0 Å². The minimum Gasteiger partial charge on any atom is -0.327 e. The average Bonchev–Trinajstić information content (AvgIpc) is 2.99. The first kappa shape index (κ1) is 13.6. The van der Waals surface area contributed by atoms with Crippen LogP contribution in [0.25, 0.3) is 11.0 Å². The Morgan fingerprint density at radius 2 is 2.15 bits per heavy atom. The Hall–Kier alpha value is -1.33. The van der Waals surface area contributed by atoms with Crippen molar-refractivity contribution in [1.82, 2.24) is 19.3 Å². The Kier molecular flexibility index (Phi) is 3.81. The van der Waals surface area contributed by atoms with Gasteiger partial charge in [-0.1, -0.05) is 15.9 Å². The smallest absolute Gasteiger partial charge is 0.124 e. The van der Waals surface area contributed by atoms with E-state index >= 15 is 0 Å². The molecule has 104 valence electrons. The molecule has 2 aromatic heterocycles. The Morgan fingerprint density at radius 1 is 1.30 bits per heavy atom. The lowest BCUT2D eigenvalue weighted by molar-refractivity contribution is 0.634. The van der Waals surface area contributed by atoms with E-state index in [2.05, 4.69) is 36.6 Å². The van der Waals surface area contributed by atoms with Crippen LogP contribution < -0.4 is 0 Å². The molecule has 0 radical (unpaired) electrons. The van der Waals surface area contributed by atoms with Gasteiger partial charge in [0.05, 0.1) is 16.9 Å². The normalized spacial score (nSPS) is 11.3. The van der Waals surface area contributed by atoms with Crippen LogP contribution in [-0.2, 0) is 25.9 Å². The minimum absolute atomic E-state index is 0.414.